The Morgan fingerprint density at radius 1 is 0.882 bits per heavy atom. The second kappa shape index (κ2) is 9.98. The summed E-state index contributed by atoms with van der Waals surface area (Å²) < 4.78 is 1.88. The highest BCUT2D eigenvalue weighted by atomic mass is 32.2. The summed E-state index contributed by atoms with van der Waals surface area (Å²) in [5, 5.41) is 10.1. The van der Waals surface area contributed by atoms with Crippen LogP contribution in [0.25, 0.3) is 27.7 Å². The van der Waals surface area contributed by atoms with Crippen molar-refractivity contribution in [3.63, 3.8) is 0 Å². The van der Waals surface area contributed by atoms with Crippen molar-refractivity contribution in [1.29, 1.82) is 0 Å². The third-order valence-corrected chi connectivity index (χ3v) is 6.59. The molecule has 4 aromatic carbocycles. The van der Waals surface area contributed by atoms with Crippen LogP contribution in [0.2, 0.25) is 0 Å². The van der Waals surface area contributed by atoms with Gasteiger partial charge in [-0.2, -0.15) is 5.10 Å². The van der Waals surface area contributed by atoms with Gasteiger partial charge >= 0.3 is 0 Å². The van der Waals surface area contributed by atoms with Crippen molar-refractivity contribution in [3.05, 3.63) is 114 Å². The van der Waals surface area contributed by atoms with Crippen molar-refractivity contribution in [2.24, 2.45) is 0 Å². The number of aromatic nitrogens is 2. The topological polar surface area (TPSA) is 46.9 Å². The maximum Gasteiger partial charge on any atom is 0.251 e. The normalized spacial score (nSPS) is 11.0. The van der Waals surface area contributed by atoms with Crippen LogP contribution in [0.3, 0.4) is 0 Å². The number of carbonyl (C=O) groups is 1. The molecular weight excluding hydrogens is 438 g/mol. The molecule has 5 aromatic rings. The van der Waals surface area contributed by atoms with E-state index in [0.29, 0.717) is 12.1 Å². The van der Waals surface area contributed by atoms with Crippen LogP contribution in [0, 0.1) is 0 Å². The molecule has 0 atom stereocenters. The molecule has 0 aliphatic rings. The third-order valence-electron chi connectivity index (χ3n) is 5.70. The number of amides is 1. The Labute approximate surface area is 203 Å². The number of para-hydroxylation sites is 1. The van der Waals surface area contributed by atoms with Gasteiger partial charge in [0.1, 0.15) is 0 Å². The Morgan fingerprint density at radius 3 is 2.38 bits per heavy atom. The van der Waals surface area contributed by atoms with Gasteiger partial charge in [-0.25, -0.2) is 4.68 Å². The summed E-state index contributed by atoms with van der Waals surface area (Å²) in [4.78, 5) is 14.2. The average molecular weight is 464 g/mol. The molecule has 0 aliphatic carbocycles. The van der Waals surface area contributed by atoms with Gasteiger partial charge in [0.25, 0.3) is 5.91 Å². The van der Waals surface area contributed by atoms with Crippen molar-refractivity contribution >= 4 is 28.4 Å². The number of nitrogens with one attached hydrogen (secondary N) is 1. The van der Waals surface area contributed by atoms with E-state index in [9.17, 15) is 4.79 Å². The summed E-state index contributed by atoms with van der Waals surface area (Å²) >= 11 is 1.82. The van der Waals surface area contributed by atoms with E-state index < -0.39 is 0 Å². The lowest BCUT2D eigenvalue weighted by atomic mass is 10.1. The molecule has 0 spiro atoms. The van der Waals surface area contributed by atoms with Gasteiger partial charge in [0, 0.05) is 34.3 Å². The summed E-state index contributed by atoms with van der Waals surface area (Å²) in [5.41, 5.74) is 4.50. The molecule has 0 radical (unpaired) electrons. The van der Waals surface area contributed by atoms with Crippen molar-refractivity contribution in [2.45, 2.75) is 18.4 Å². The zero-order valence-corrected chi connectivity index (χ0v) is 19.8. The third kappa shape index (κ3) is 4.75. The van der Waals surface area contributed by atoms with Crippen molar-refractivity contribution in [2.75, 3.05) is 5.75 Å². The zero-order valence-electron chi connectivity index (χ0n) is 18.9. The maximum absolute atomic E-state index is 13.0. The highest BCUT2D eigenvalue weighted by Crippen LogP contribution is 2.27. The molecule has 0 bridgehead atoms. The highest BCUT2D eigenvalue weighted by Gasteiger charge is 2.14. The Kier molecular flexibility index (Phi) is 6.45. The van der Waals surface area contributed by atoms with E-state index in [1.807, 2.05) is 95.4 Å². The van der Waals surface area contributed by atoms with Crippen LogP contribution in [0.4, 0.5) is 0 Å². The van der Waals surface area contributed by atoms with E-state index in [2.05, 4.69) is 36.5 Å². The molecule has 5 heteroatoms. The zero-order chi connectivity index (χ0) is 23.3. The molecule has 4 nitrogen and oxygen atoms in total. The molecule has 0 unspecified atom stereocenters. The summed E-state index contributed by atoms with van der Waals surface area (Å²) in [6.07, 6.45) is 2.00. The monoisotopic (exact) mass is 463 g/mol. The Balaban J connectivity index is 1.43. The second-order valence-corrected chi connectivity index (χ2v) is 9.32. The number of benzene rings is 4. The van der Waals surface area contributed by atoms with Crippen LogP contribution in [-0.2, 0) is 6.54 Å². The standard InChI is InChI=1S/C29H25N3OS/c1-2-34-27-16-14-22(15-17-27)28-25(20-32(31-28)26-10-4-3-5-11-26)19-30-29(33)24-13-12-21-8-6-7-9-23(21)18-24/h3-18,20H,2,19H2,1H3,(H,30,33). The number of carbonyl (C=O) groups excluding carboxylic acids is 1. The first-order valence-corrected chi connectivity index (χ1v) is 12.3. The van der Waals surface area contributed by atoms with Crippen LogP contribution in [-0.4, -0.2) is 21.4 Å². The number of thioether (sulfide) groups is 1. The molecule has 1 aromatic heterocycles. The first-order chi connectivity index (χ1) is 16.7. The van der Waals surface area contributed by atoms with Gasteiger partial charge in [-0.05, 0) is 52.9 Å². The molecule has 1 amide bonds. The van der Waals surface area contributed by atoms with E-state index >= 15 is 0 Å². The molecule has 34 heavy (non-hydrogen) atoms. The summed E-state index contributed by atoms with van der Waals surface area (Å²) in [7, 11) is 0. The largest absolute Gasteiger partial charge is 0.348 e. The van der Waals surface area contributed by atoms with E-state index in [4.69, 9.17) is 5.10 Å². The predicted octanol–water partition coefficient (Wildman–Crippen LogP) is 6.73. The molecule has 168 valence electrons. The van der Waals surface area contributed by atoms with Crippen LogP contribution in [0.15, 0.2) is 108 Å². The molecule has 5 rings (SSSR count). The number of fused-ring (bicyclic) bond motifs is 1. The molecule has 0 saturated carbocycles. The van der Waals surface area contributed by atoms with Gasteiger partial charge in [-0.3, -0.25) is 4.79 Å². The Bertz CT molecular complexity index is 1430. The Morgan fingerprint density at radius 2 is 1.62 bits per heavy atom. The van der Waals surface area contributed by atoms with Gasteiger partial charge in [0.05, 0.1) is 11.4 Å². The highest BCUT2D eigenvalue weighted by molar-refractivity contribution is 7.99. The fourth-order valence-electron chi connectivity index (χ4n) is 3.98. The fourth-order valence-corrected chi connectivity index (χ4v) is 4.64. The van der Waals surface area contributed by atoms with Gasteiger partial charge in [-0.15, -0.1) is 11.8 Å². The smallest absolute Gasteiger partial charge is 0.251 e. The first kappa shape index (κ1) is 22.0. The van der Waals surface area contributed by atoms with Crippen molar-refractivity contribution in [3.8, 4) is 16.9 Å². The van der Waals surface area contributed by atoms with E-state index in [1.165, 1.54) is 4.90 Å². The predicted molar refractivity (Wildman–Crippen MR) is 141 cm³/mol. The van der Waals surface area contributed by atoms with Gasteiger partial charge in [-0.1, -0.05) is 67.6 Å². The van der Waals surface area contributed by atoms with Gasteiger partial charge in [0.2, 0.25) is 0 Å². The van der Waals surface area contributed by atoms with Gasteiger partial charge < -0.3 is 5.32 Å². The number of nitrogens with zero attached hydrogens (tertiary/aromatic N) is 2. The summed E-state index contributed by atoms with van der Waals surface area (Å²) in [5.74, 6) is 0.937. The minimum atomic E-state index is -0.0983. The molecule has 1 N–H and O–H groups in total. The quantitative estimate of drug-likeness (QED) is 0.272. The number of rotatable bonds is 7. The lowest BCUT2D eigenvalue weighted by Crippen LogP contribution is -2.22. The molecule has 0 fully saturated rings. The van der Waals surface area contributed by atoms with E-state index in [1.54, 1.807) is 0 Å². The van der Waals surface area contributed by atoms with Crippen molar-refractivity contribution in [1.82, 2.24) is 15.1 Å². The first-order valence-electron chi connectivity index (χ1n) is 11.4. The summed E-state index contributed by atoms with van der Waals surface area (Å²) in [6.45, 7) is 2.54. The van der Waals surface area contributed by atoms with Crippen LogP contribution < -0.4 is 5.32 Å². The van der Waals surface area contributed by atoms with Gasteiger partial charge in [0.15, 0.2) is 0 Å². The average Bonchev–Trinajstić information content (AvgIpc) is 3.32. The molecule has 0 aliphatic heterocycles. The SMILES string of the molecule is CCSc1ccc(-c2nn(-c3ccccc3)cc2CNC(=O)c2ccc3ccccc3c2)cc1. The lowest BCUT2D eigenvalue weighted by molar-refractivity contribution is 0.0951. The van der Waals surface area contributed by atoms with E-state index in [0.717, 1.165) is 39.0 Å². The van der Waals surface area contributed by atoms with Crippen LogP contribution >= 0.6 is 11.8 Å². The fraction of sp³-hybridized carbons (Fsp3) is 0.103. The maximum atomic E-state index is 13.0. The second-order valence-electron chi connectivity index (χ2n) is 7.99. The molecule has 0 saturated heterocycles. The minimum Gasteiger partial charge on any atom is -0.348 e. The minimum absolute atomic E-state index is 0.0983. The lowest BCUT2D eigenvalue weighted by Gasteiger charge is -2.07. The molecule has 1 heterocycles. The number of hydrogen-bond acceptors (Lipinski definition) is 3. The Hall–Kier alpha value is -3.83. The molecular formula is C29H25N3OS. The van der Waals surface area contributed by atoms with Crippen LogP contribution in [0.5, 0.6) is 0 Å². The number of hydrogen-bond donors (Lipinski definition) is 1. The van der Waals surface area contributed by atoms with Crippen LogP contribution in [0.1, 0.15) is 22.8 Å². The van der Waals surface area contributed by atoms with Crippen molar-refractivity contribution < 1.29 is 4.79 Å². The van der Waals surface area contributed by atoms with E-state index in [-0.39, 0.29) is 5.91 Å². The summed E-state index contributed by atoms with van der Waals surface area (Å²) in [6, 6.07) is 32.3.